The minimum absolute atomic E-state index is 0.292. The number of likely N-dealkylation sites (N-methyl/N-ethyl adjacent to an activating group) is 2. The van der Waals surface area contributed by atoms with Crippen LogP contribution in [0.1, 0.15) is 82.1 Å². The van der Waals surface area contributed by atoms with Crippen LogP contribution in [0.15, 0.2) is 114 Å². The van der Waals surface area contributed by atoms with Crippen molar-refractivity contribution >= 4 is 40.2 Å². The van der Waals surface area contributed by atoms with Crippen molar-refractivity contribution in [1.29, 1.82) is 0 Å². The van der Waals surface area contributed by atoms with Crippen molar-refractivity contribution in [2.45, 2.75) is 65.8 Å². The number of carbonyl (C=O) groups excluding carboxylic acids is 2. The molecule has 0 atom stereocenters. The van der Waals surface area contributed by atoms with Crippen molar-refractivity contribution in [1.82, 2.24) is 0 Å². The van der Waals surface area contributed by atoms with E-state index in [0.717, 1.165) is 65.3 Å². The number of carbonyl (C=O) groups is 2. The largest absolute Gasteiger partial charge is 0.460 e. The number of esters is 2. The predicted octanol–water partition coefficient (Wildman–Crippen LogP) is 9.23. The zero-order valence-electron chi connectivity index (χ0n) is 31.3. The quantitative estimate of drug-likeness (QED) is 0.116. The summed E-state index contributed by atoms with van der Waals surface area (Å²) in [6.07, 6.45) is 10.6. The Morgan fingerprint density at radius 2 is 1.17 bits per heavy atom. The fourth-order valence-electron chi connectivity index (χ4n) is 6.86. The highest BCUT2D eigenvalue weighted by atomic mass is 16.5. The number of benzene rings is 3. The maximum Gasteiger partial charge on any atom is 0.333 e. The molecule has 0 unspecified atom stereocenters. The van der Waals surface area contributed by atoms with Crippen molar-refractivity contribution in [3.63, 3.8) is 0 Å². The average molecular weight is 700 g/mol. The van der Waals surface area contributed by atoms with Gasteiger partial charge in [0.25, 0.3) is 0 Å². The summed E-state index contributed by atoms with van der Waals surface area (Å²) in [7, 11) is 0. The van der Waals surface area contributed by atoms with E-state index in [1.54, 1.807) is 13.8 Å². The third kappa shape index (κ3) is 9.58. The van der Waals surface area contributed by atoms with E-state index in [1.165, 1.54) is 30.4 Å². The molecular formula is C45H53N3O4. The summed E-state index contributed by atoms with van der Waals surface area (Å²) < 4.78 is 10.8. The number of anilines is 2. The summed E-state index contributed by atoms with van der Waals surface area (Å²) in [6, 6.07) is 26.3. The molecule has 52 heavy (non-hydrogen) atoms. The highest BCUT2D eigenvalue weighted by molar-refractivity contribution is 6.19. The summed E-state index contributed by atoms with van der Waals surface area (Å²) in [5.74, 6) is -0.732. The van der Waals surface area contributed by atoms with Gasteiger partial charge in [0, 0.05) is 41.2 Å². The van der Waals surface area contributed by atoms with Gasteiger partial charge in [0.1, 0.15) is 13.2 Å². The van der Waals surface area contributed by atoms with E-state index in [1.807, 2.05) is 0 Å². The molecule has 7 nitrogen and oxygen atoms in total. The van der Waals surface area contributed by atoms with Gasteiger partial charge in [-0.2, -0.15) is 0 Å². The fraction of sp³-hybridized carbons (Fsp3) is 0.356. The van der Waals surface area contributed by atoms with Crippen molar-refractivity contribution in [2.75, 3.05) is 49.2 Å². The van der Waals surface area contributed by atoms with Crippen molar-refractivity contribution in [2.24, 2.45) is 4.99 Å². The number of ether oxygens (including phenoxy) is 2. The van der Waals surface area contributed by atoms with Gasteiger partial charge in [-0.05, 0) is 98.7 Å². The summed E-state index contributed by atoms with van der Waals surface area (Å²) in [5.41, 5.74) is 10.8. The van der Waals surface area contributed by atoms with Crippen LogP contribution >= 0.6 is 0 Å². The van der Waals surface area contributed by atoms with Gasteiger partial charge in [0.15, 0.2) is 0 Å². The zero-order valence-corrected chi connectivity index (χ0v) is 31.3. The van der Waals surface area contributed by atoms with E-state index >= 15 is 0 Å². The van der Waals surface area contributed by atoms with Gasteiger partial charge in [-0.25, -0.2) is 9.59 Å². The molecule has 0 heterocycles. The molecule has 0 N–H and O–H groups in total. The van der Waals surface area contributed by atoms with Gasteiger partial charge in [0.2, 0.25) is 0 Å². The molecule has 0 amide bonds. The maximum atomic E-state index is 11.9. The molecule has 3 aromatic rings. The Bertz CT molecular complexity index is 1740. The van der Waals surface area contributed by atoms with Crippen LogP contribution in [0.25, 0.3) is 11.1 Å². The first-order valence-corrected chi connectivity index (χ1v) is 18.7. The Balaban J connectivity index is 1.51. The summed E-state index contributed by atoms with van der Waals surface area (Å²) in [4.78, 5) is 33.6. The monoisotopic (exact) mass is 699 g/mol. The van der Waals surface area contributed by atoms with Crippen LogP contribution in [0.4, 0.5) is 11.4 Å². The molecular weight excluding hydrogens is 647 g/mol. The predicted molar refractivity (Wildman–Crippen MR) is 215 cm³/mol. The van der Waals surface area contributed by atoms with Crippen LogP contribution in [0.3, 0.4) is 0 Å². The minimum Gasteiger partial charge on any atom is -0.460 e. The molecule has 7 heteroatoms. The molecule has 0 bridgehead atoms. The first kappa shape index (κ1) is 38.1. The highest BCUT2D eigenvalue weighted by Crippen LogP contribution is 2.38. The van der Waals surface area contributed by atoms with Gasteiger partial charge in [-0.1, -0.05) is 87.0 Å². The molecule has 2 aliphatic rings. The number of allylic oxidation sites excluding steroid dienone is 3. The summed E-state index contributed by atoms with van der Waals surface area (Å²) in [5, 5.41) is 0. The standard InChI is InChI=1S/C45H53N3O4/c1-7-47(28-30-51-44(49)32(3)4)37-22-18-34(19-23-37)43(35-20-24-38(25-21-35)48(8-2)29-31-52-45(50)33(5)6)41-26-27-42(40-17-13-12-16-39(40)41)46-36-14-10-9-11-15-36/h12-13,16-27,36H,3,5,7-11,14-15,28-31H2,1-2,4,6H3. The topological polar surface area (TPSA) is 71.4 Å². The van der Waals surface area contributed by atoms with E-state index in [4.69, 9.17) is 14.5 Å². The van der Waals surface area contributed by atoms with Crippen LogP contribution in [-0.4, -0.2) is 63.1 Å². The lowest BCUT2D eigenvalue weighted by Gasteiger charge is -2.26. The second kappa shape index (κ2) is 18.4. The van der Waals surface area contributed by atoms with Gasteiger partial charge >= 0.3 is 11.9 Å². The molecule has 0 aliphatic heterocycles. The molecule has 2 aliphatic carbocycles. The SMILES string of the molecule is C=C(C)C(=O)OCCN(CC)c1ccc(C(=C2C=CC(=NC3CCCCC3)c3ccccc32)c2ccc(N(CC)CCOC(=O)C(=C)C)cc2)cc1. The van der Waals surface area contributed by atoms with E-state index in [2.05, 4.69) is 122 Å². The second-order valence-corrected chi connectivity index (χ2v) is 13.6. The lowest BCUT2D eigenvalue weighted by molar-refractivity contribution is -0.139. The van der Waals surface area contributed by atoms with Crippen molar-refractivity contribution in [3.05, 3.63) is 132 Å². The Kier molecular flexibility index (Phi) is 13.4. The van der Waals surface area contributed by atoms with Gasteiger partial charge in [-0.15, -0.1) is 0 Å². The molecule has 1 fully saturated rings. The smallest absolute Gasteiger partial charge is 0.333 e. The van der Waals surface area contributed by atoms with Crippen molar-refractivity contribution < 1.29 is 19.1 Å². The Hall–Kier alpha value is -5.17. The molecule has 0 aromatic heterocycles. The Labute approximate surface area is 310 Å². The Morgan fingerprint density at radius 1 is 0.692 bits per heavy atom. The third-order valence-corrected chi connectivity index (χ3v) is 9.76. The average Bonchev–Trinajstić information content (AvgIpc) is 3.17. The molecule has 3 aromatic carbocycles. The summed E-state index contributed by atoms with van der Waals surface area (Å²) >= 11 is 0. The molecule has 0 radical (unpaired) electrons. The lowest BCUT2D eigenvalue weighted by Crippen LogP contribution is -2.28. The van der Waals surface area contributed by atoms with Gasteiger partial charge in [0.05, 0.1) is 24.8 Å². The molecule has 5 rings (SSSR count). The number of hydrogen-bond acceptors (Lipinski definition) is 7. The van der Waals surface area contributed by atoms with Crippen LogP contribution in [0.2, 0.25) is 0 Å². The maximum absolute atomic E-state index is 11.9. The number of nitrogens with zero attached hydrogens (tertiary/aromatic N) is 3. The Morgan fingerprint density at radius 3 is 1.63 bits per heavy atom. The number of aliphatic imine (C=N–C) groups is 1. The van der Waals surface area contributed by atoms with Crippen LogP contribution in [0, 0.1) is 0 Å². The van der Waals surface area contributed by atoms with Gasteiger partial charge < -0.3 is 19.3 Å². The first-order valence-electron chi connectivity index (χ1n) is 18.7. The second-order valence-electron chi connectivity index (χ2n) is 13.6. The first-order chi connectivity index (χ1) is 25.2. The minimum atomic E-state index is -0.366. The van der Waals surface area contributed by atoms with Crippen LogP contribution in [-0.2, 0) is 19.1 Å². The highest BCUT2D eigenvalue weighted by Gasteiger charge is 2.22. The number of hydrogen-bond donors (Lipinski definition) is 0. The van der Waals surface area contributed by atoms with E-state index in [0.29, 0.717) is 43.5 Å². The third-order valence-electron chi connectivity index (χ3n) is 9.76. The van der Waals surface area contributed by atoms with Crippen LogP contribution < -0.4 is 9.80 Å². The van der Waals surface area contributed by atoms with Crippen LogP contribution in [0.5, 0.6) is 0 Å². The number of rotatable bonds is 15. The van der Waals surface area contributed by atoms with E-state index in [9.17, 15) is 9.59 Å². The van der Waals surface area contributed by atoms with E-state index in [-0.39, 0.29) is 11.9 Å². The normalized spacial score (nSPS) is 14.8. The fourth-order valence-corrected chi connectivity index (χ4v) is 6.86. The van der Waals surface area contributed by atoms with Crippen molar-refractivity contribution in [3.8, 4) is 0 Å². The molecule has 0 saturated heterocycles. The molecule has 0 spiro atoms. The number of fused-ring (bicyclic) bond motifs is 1. The summed E-state index contributed by atoms with van der Waals surface area (Å²) in [6.45, 7) is 18.2. The lowest BCUT2D eigenvalue weighted by atomic mass is 9.83. The zero-order chi connectivity index (χ0) is 37.0. The molecule has 1 saturated carbocycles. The van der Waals surface area contributed by atoms with Gasteiger partial charge in [-0.3, -0.25) is 4.99 Å². The molecule has 272 valence electrons. The van der Waals surface area contributed by atoms with E-state index < -0.39 is 0 Å².